The second-order valence-corrected chi connectivity index (χ2v) is 9.72. The first-order valence-corrected chi connectivity index (χ1v) is 12.6. The van der Waals surface area contributed by atoms with Crippen LogP contribution in [0.15, 0.2) is 73.4 Å². The van der Waals surface area contributed by atoms with Crippen LogP contribution in [-0.2, 0) is 4.79 Å². The number of benzene rings is 2. The molecule has 5 aromatic rings. The van der Waals surface area contributed by atoms with Crippen molar-refractivity contribution >= 4 is 44.3 Å². The third kappa shape index (κ3) is 4.29. The van der Waals surface area contributed by atoms with Gasteiger partial charge < -0.3 is 15.0 Å². The first-order valence-electron chi connectivity index (χ1n) is 11.8. The van der Waals surface area contributed by atoms with Crippen molar-refractivity contribution in [2.24, 2.45) is 0 Å². The molecular formula is C27H24N6O2S. The number of aromatic nitrogens is 4. The van der Waals surface area contributed by atoms with E-state index in [-0.39, 0.29) is 11.9 Å². The maximum absolute atomic E-state index is 12.1. The van der Waals surface area contributed by atoms with E-state index in [4.69, 9.17) is 9.72 Å². The number of H-pyrrole nitrogens is 1. The molecule has 1 amide bonds. The number of carbonyl (C=O) groups excluding carboxylic acids is 1. The highest BCUT2D eigenvalue weighted by Crippen LogP contribution is 2.35. The number of rotatable bonds is 6. The van der Waals surface area contributed by atoms with Crippen LogP contribution in [0.5, 0.6) is 11.5 Å². The van der Waals surface area contributed by atoms with Crippen molar-refractivity contribution in [2.75, 3.05) is 18.4 Å². The lowest BCUT2D eigenvalue weighted by Crippen LogP contribution is -2.44. The average Bonchev–Trinajstić information content (AvgIpc) is 3.54. The van der Waals surface area contributed by atoms with Gasteiger partial charge in [-0.3, -0.25) is 9.89 Å². The molecule has 2 N–H and O–H groups in total. The molecule has 0 radical (unpaired) electrons. The molecule has 1 fully saturated rings. The number of nitrogens with one attached hydrogen (secondary N) is 2. The number of para-hydroxylation sites is 1. The summed E-state index contributed by atoms with van der Waals surface area (Å²) in [6, 6.07) is 18.0. The fourth-order valence-electron chi connectivity index (χ4n) is 4.52. The number of pyridine rings is 1. The molecule has 3 aromatic heterocycles. The molecule has 0 aliphatic carbocycles. The van der Waals surface area contributed by atoms with Gasteiger partial charge in [-0.15, -0.1) is 11.3 Å². The number of thiazole rings is 1. The van der Waals surface area contributed by atoms with Gasteiger partial charge in [0, 0.05) is 37.0 Å². The largest absolute Gasteiger partial charge is 0.456 e. The molecule has 0 saturated carbocycles. The lowest BCUT2D eigenvalue weighted by Gasteiger charge is -2.32. The van der Waals surface area contributed by atoms with E-state index in [2.05, 4.69) is 33.1 Å². The summed E-state index contributed by atoms with van der Waals surface area (Å²) in [5, 5.41) is 12.7. The summed E-state index contributed by atoms with van der Waals surface area (Å²) in [5.74, 6) is 1.98. The van der Waals surface area contributed by atoms with Crippen LogP contribution in [0.1, 0.15) is 12.8 Å². The molecular weight excluding hydrogens is 472 g/mol. The Labute approximate surface area is 211 Å². The summed E-state index contributed by atoms with van der Waals surface area (Å²) < 4.78 is 7.44. The van der Waals surface area contributed by atoms with Crippen LogP contribution in [0, 0.1) is 0 Å². The highest BCUT2D eigenvalue weighted by molar-refractivity contribution is 7.21. The third-order valence-corrected chi connectivity index (χ3v) is 7.38. The lowest BCUT2D eigenvalue weighted by molar-refractivity contribution is -0.127. The van der Waals surface area contributed by atoms with E-state index in [1.807, 2.05) is 53.4 Å². The van der Waals surface area contributed by atoms with Crippen molar-refractivity contribution in [3.05, 3.63) is 73.4 Å². The van der Waals surface area contributed by atoms with Gasteiger partial charge in [0.1, 0.15) is 21.9 Å². The summed E-state index contributed by atoms with van der Waals surface area (Å²) in [5.41, 5.74) is 2.69. The van der Waals surface area contributed by atoms with Crippen LogP contribution in [0.3, 0.4) is 0 Å². The van der Waals surface area contributed by atoms with E-state index in [1.54, 1.807) is 17.5 Å². The predicted molar refractivity (Wildman–Crippen MR) is 142 cm³/mol. The smallest absolute Gasteiger partial charge is 0.246 e. The molecule has 9 heteroatoms. The van der Waals surface area contributed by atoms with Crippen molar-refractivity contribution in [2.45, 2.75) is 18.9 Å². The number of fused-ring (bicyclic) bond motifs is 2. The molecule has 1 saturated heterocycles. The zero-order valence-corrected chi connectivity index (χ0v) is 20.3. The van der Waals surface area contributed by atoms with Gasteiger partial charge in [0.2, 0.25) is 5.91 Å². The van der Waals surface area contributed by atoms with Crippen LogP contribution in [0.2, 0.25) is 0 Å². The van der Waals surface area contributed by atoms with Gasteiger partial charge in [0.05, 0.1) is 10.2 Å². The summed E-state index contributed by atoms with van der Waals surface area (Å²) in [6.45, 7) is 4.95. The molecule has 36 heavy (non-hydrogen) atoms. The Bertz CT molecular complexity index is 1520. The molecule has 1 aliphatic rings. The number of anilines is 1. The van der Waals surface area contributed by atoms with Gasteiger partial charge >= 0.3 is 0 Å². The number of likely N-dealkylation sites (tertiary alicyclic amines) is 1. The molecule has 0 unspecified atom stereocenters. The van der Waals surface area contributed by atoms with Gasteiger partial charge in [0.25, 0.3) is 0 Å². The maximum Gasteiger partial charge on any atom is 0.246 e. The number of hydrogen-bond donors (Lipinski definition) is 2. The van der Waals surface area contributed by atoms with Crippen molar-refractivity contribution in [1.29, 1.82) is 0 Å². The third-order valence-electron chi connectivity index (χ3n) is 6.29. The quantitative estimate of drug-likeness (QED) is 0.297. The van der Waals surface area contributed by atoms with Gasteiger partial charge in [0.15, 0.2) is 11.5 Å². The topological polar surface area (TPSA) is 96.0 Å². The number of amides is 1. The van der Waals surface area contributed by atoms with Gasteiger partial charge in [-0.1, -0.05) is 18.7 Å². The van der Waals surface area contributed by atoms with Crippen molar-refractivity contribution in [3.8, 4) is 22.1 Å². The van der Waals surface area contributed by atoms with Crippen molar-refractivity contribution in [3.63, 3.8) is 0 Å². The summed E-state index contributed by atoms with van der Waals surface area (Å²) in [7, 11) is 0. The molecule has 1 aliphatic heterocycles. The van der Waals surface area contributed by atoms with Crippen molar-refractivity contribution < 1.29 is 9.53 Å². The van der Waals surface area contributed by atoms with E-state index >= 15 is 0 Å². The Morgan fingerprint density at radius 3 is 2.89 bits per heavy atom. The number of carbonyl (C=O) groups is 1. The van der Waals surface area contributed by atoms with Crippen LogP contribution in [0.4, 0.5) is 5.82 Å². The molecule has 180 valence electrons. The molecule has 0 spiro atoms. The average molecular weight is 497 g/mol. The maximum atomic E-state index is 12.1. The van der Waals surface area contributed by atoms with Crippen LogP contribution < -0.4 is 10.1 Å². The zero-order chi connectivity index (χ0) is 24.5. The highest BCUT2D eigenvalue weighted by atomic mass is 32.1. The SMILES string of the molecule is C=CC(=O)N1CCC[C@@H](Nc2n[nH]c3nccc(Oc4ccc(-c5nc6ccccc6s5)cc4)c23)C1. The Morgan fingerprint density at radius 1 is 1.19 bits per heavy atom. The standard InChI is InChI=1S/C27H24N6O2S/c1-2-23(34)33-15-5-6-18(16-33)29-26-24-21(13-14-28-25(24)31-32-26)35-19-11-9-17(10-12-19)27-30-20-7-3-4-8-22(20)36-27/h2-4,7-14,18H,1,5-6,15-16H2,(H2,28,29,31,32)/t18-/m1/s1. The molecule has 1 atom stereocenters. The van der Waals surface area contributed by atoms with Crippen LogP contribution in [0.25, 0.3) is 31.8 Å². The number of piperidine rings is 1. The number of aromatic amines is 1. The fraction of sp³-hybridized carbons (Fsp3) is 0.185. The summed E-state index contributed by atoms with van der Waals surface area (Å²) in [6.07, 6.45) is 4.92. The second kappa shape index (κ2) is 9.43. The molecule has 2 aromatic carbocycles. The fourth-order valence-corrected chi connectivity index (χ4v) is 5.49. The van der Waals surface area contributed by atoms with Gasteiger partial charge in [-0.2, -0.15) is 5.10 Å². The first kappa shape index (κ1) is 22.2. The normalized spacial score (nSPS) is 15.8. The Hall–Kier alpha value is -4.24. The molecule has 4 heterocycles. The summed E-state index contributed by atoms with van der Waals surface area (Å²) >= 11 is 1.67. The number of nitrogens with zero attached hydrogens (tertiary/aromatic N) is 4. The Kier molecular flexibility index (Phi) is 5.82. The van der Waals surface area contributed by atoms with E-state index < -0.39 is 0 Å². The predicted octanol–water partition coefficient (Wildman–Crippen LogP) is 5.62. The van der Waals surface area contributed by atoms with E-state index in [1.165, 1.54) is 10.8 Å². The Balaban J connectivity index is 1.23. The van der Waals surface area contributed by atoms with E-state index in [0.29, 0.717) is 29.5 Å². The summed E-state index contributed by atoms with van der Waals surface area (Å²) in [4.78, 5) is 23.0. The van der Waals surface area contributed by atoms with E-state index in [0.717, 1.165) is 40.9 Å². The van der Waals surface area contributed by atoms with Gasteiger partial charge in [-0.25, -0.2) is 9.97 Å². The second-order valence-electron chi connectivity index (χ2n) is 8.69. The minimum absolute atomic E-state index is 0.0478. The lowest BCUT2D eigenvalue weighted by atomic mass is 10.1. The molecule has 0 bridgehead atoms. The number of hydrogen-bond acceptors (Lipinski definition) is 7. The van der Waals surface area contributed by atoms with Gasteiger partial charge in [-0.05, 0) is 55.3 Å². The number of ether oxygens (including phenoxy) is 1. The Morgan fingerprint density at radius 2 is 2.06 bits per heavy atom. The minimum Gasteiger partial charge on any atom is -0.456 e. The zero-order valence-electron chi connectivity index (χ0n) is 19.5. The molecule has 6 rings (SSSR count). The van der Waals surface area contributed by atoms with Crippen LogP contribution in [-0.4, -0.2) is 50.1 Å². The van der Waals surface area contributed by atoms with Crippen molar-refractivity contribution in [1.82, 2.24) is 25.1 Å². The molecule has 8 nitrogen and oxygen atoms in total. The highest BCUT2D eigenvalue weighted by Gasteiger charge is 2.24. The monoisotopic (exact) mass is 496 g/mol. The first-order chi connectivity index (χ1) is 17.7. The minimum atomic E-state index is -0.0478. The van der Waals surface area contributed by atoms with E-state index in [9.17, 15) is 4.79 Å². The van der Waals surface area contributed by atoms with Crippen LogP contribution >= 0.6 is 11.3 Å².